The Morgan fingerprint density at radius 2 is 1.11 bits per heavy atom. The Kier molecular flexibility index (Phi) is 10.6. The Hall–Kier alpha value is -5.04. The van der Waals surface area contributed by atoms with Crippen LogP contribution in [0.5, 0.6) is 0 Å². The van der Waals surface area contributed by atoms with E-state index in [0.29, 0.717) is 47.8 Å². The minimum atomic E-state index is -0.889. The van der Waals surface area contributed by atoms with Crippen molar-refractivity contribution in [2.45, 2.75) is 112 Å². The first-order valence-corrected chi connectivity index (χ1v) is 19.7. The number of aromatic carboxylic acids is 1. The molecule has 0 radical (unpaired) electrons. The van der Waals surface area contributed by atoms with Crippen LogP contribution in [-0.2, 0) is 25.9 Å². The number of pyridine rings is 2. The van der Waals surface area contributed by atoms with Gasteiger partial charge in [0.05, 0.1) is 17.0 Å². The number of carbonyl (C=O) groups excluding carboxylic acids is 1. The second kappa shape index (κ2) is 15.4. The summed E-state index contributed by atoms with van der Waals surface area (Å²) >= 11 is 0. The number of hydrogen-bond acceptors (Lipinski definition) is 4. The molecule has 2 aliphatic carbocycles. The van der Waals surface area contributed by atoms with E-state index in [1.54, 1.807) is 6.92 Å². The molecular weight excluding hydrogens is 669 g/mol. The van der Waals surface area contributed by atoms with Gasteiger partial charge in [-0.05, 0) is 140 Å². The molecule has 2 aromatic carbocycles. The van der Waals surface area contributed by atoms with Gasteiger partial charge in [-0.3, -0.25) is 14.8 Å². The Labute approximate surface area is 319 Å². The van der Waals surface area contributed by atoms with Crippen molar-refractivity contribution in [2.75, 3.05) is 0 Å². The summed E-state index contributed by atoms with van der Waals surface area (Å²) in [5, 5.41) is 12.2. The van der Waals surface area contributed by atoms with Gasteiger partial charge in [-0.1, -0.05) is 39.8 Å². The van der Waals surface area contributed by atoms with Gasteiger partial charge < -0.3 is 14.2 Å². The van der Waals surface area contributed by atoms with E-state index in [4.69, 9.17) is 0 Å². The highest BCUT2D eigenvalue weighted by molar-refractivity contribution is 5.95. The van der Waals surface area contributed by atoms with E-state index in [1.165, 1.54) is 56.9 Å². The van der Waals surface area contributed by atoms with Crippen LogP contribution < -0.4 is 0 Å². The summed E-state index contributed by atoms with van der Waals surface area (Å²) in [6, 6.07) is 17.0. The minimum absolute atomic E-state index is 0.111. The zero-order chi connectivity index (χ0) is 38.3. The number of fused-ring (bicyclic) bond motifs is 2. The molecular formula is C47H54N4O3. The fourth-order valence-electron chi connectivity index (χ4n) is 7.81. The monoisotopic (exact) mass is 722 g/mol. The van der Waals surface area contributed by atoms with Crippen molar-refractivity contribution in [3.8, 4) is 0 Å². The lowest BCUT2D eigenvalue weighted by Gasteiger charge is -2.10. The average molecular weight is 723 g/mol. The van der Waals surface area contributed by atoms with Crippen LogP contribution in [0.4, 0.5) is 0 Å². The van der Waals surface area contributed by atoms with Crippen molar-refractivity contribution >= 4 is 33.6 Å². The molecule has 2 fully saturated rings. The molecule has 7 nitrogen and oxygen atoms in total. The van der Waals surface area contributed by atoms with Gasteiger partial charge in [0.15, 0.2) is 5.78 Å². The Morgan fingerprint density at radius 1 is 0.685 bits per heavy atom. The van der Waals surface area contributed by atoms with Crippen molar-refractivity contribution in [1.29, 1.82) is 0 Å². The number of rotatable bonds is 12. The molecule has 280 valence electrons. The maximum absolute atomic E-state index is 12.2. The smallest absolute Gasteiger partial charge is 0.337 e. The van der Waals surface area contributed by atoms with Gasteiger partial charge in [-0.25, -0.2) is 4.79 Å². The highest BCUT2D eigenvalue weighted by atomic mass is 16.4. The number of hydrogen-bond donors (Lipinski definition) is 1. The SMILES string of the molecule is CC(=O)c1cc(C2CC2)cnc1Cc1ccc2c(c1)c(C)cn2CC(C)C.Cc1cn(CC(C)C)c2ccc(Cc3ncc(C4CC4)cc3C(=O)O)cc12. The van der Waals surface area contributed by atoms with E-state index in [2.05, 4.69) is 116 Å². The molecule has 0 amide bonds. The zero-order valence-electron chi connectivity index (χ0n) is 32.9. The number of ketones is 1. The average Bonchev–Trinajstić information content (AvgIpc) is 4.06. The van der Waals surface area contributed by atoms with E-state index < -0.39 is 5.97 Å². The third-order valence-corrected chi connectivity index (χ3v) is 10.8. The first-order valence-electron chi connectivity index (χ1n) is 19.7. The molecule has 8 rings (SSSR count). The number of carboxylic acids is 1. The second-order valence-electron chi connectivity index (χ2n) is 16.7. The lowest BCUT2D eigenvalue weighted by Crippen LogP contribution is -2.07. The predicted molar refractivity (Wildman–Crippen MR) is 218 cm³/mol. The molecule has 54 heavy (non-hydrogen) atoms. The number of nitrogens with zero attached hydrogens (tertiary/aromatic N) is 4. The van der Waals surface area contributed by atoms with Crippen molar-refractivity contribution in [1.82, 2.24) is 19.1 Å². The second-order valence-corrected chi connectivity index (χ2v) is 16.7. The normalized spacial score (nSPS) is 14.2. The van der Waals surface area contributed by atoms with Crippen LogP contribution in [-0.4, -0.2) is 36.0 Å². The quantitative estimate of drug-likeness (QED) is 0.127. The third-order valence-electron chi connectivity index (χ3n) is 10.8. The lowest BCUT2D eigenvalue weighted by atomic mass is 9.99. The molecule has 4 heterocycles. The van der Waals surface area contributed by atoms with Crippen molar-refractivity contribution < 1.29 is 14.7 Å². The van der Waals surface area contributed by atoms with Gasteiger partial charge in [0.25, 0.3) is 0 Å². The van der Waals surface area contributed by atoms with Crippen LogP contribution in [0.25, 0.3) is 21.8 Å². The van der Waals surface area contributed by atoms with Crippen LogP contribution in [0.3, 0.4) is 0 Å². The summed E-state index contributed by atoms with van der Waals surface area (Å²) in [7, 11) is 0. The molecule has 4 aromatic heterocycles. The summed E-state index contributed by atoms with van der Waals surface area (Å²) < 4.78 is 4.66. The number of aryl methyl sites for hydroxylation is 2. The summed E-state index contributed by atoms with van der Waals surface area (Å²) in [5.74, 6) is 1.55. The summed E-state index contributed by atoms with van der Waals surface area (Å²) in [6.45, 7) is 16.9. The molecule has 0 aliphatic heterocycles. The van der Waals surface area contributed by atoms with Crippen LogP contribution >= 0.6 is 0 Å². The molecule has 0 atom stereocenters. The van der Waals surface area contributed by atoms with Gasteiger partial charge in [0.2, 0.25) is 0 Å². The molecule has 6 aromatic rings. The summed E-state index contributed by atoms with van der Waals surface area (Å²) in [5.41, 5.74) is 12.3. The van der Waals surface area contributed by atoms with Crippen LogP contribution in [0, 0.1) is 25.7 Å². The van der Waals surface area contributed by atoms with Gasteiger partial charge >= 0.3 is 5.97 Å². The van der Waals surface area contributed by atoms with Crippen molar-refractivity contribution in [3.05, 3.63) is 129 Å². The van der Waals surface area contributed by atoms with E-state index in [9.17, 15) is 14.7 Å². The third kappa shape index (κ3) is 8.36. The largest absolute Gasteiger partial charge is 0.478 e. The molecule has 2 aliphatic rings. The molecule has 7 heteroatoms. The number of Topliss-reactive ketones (excluding diaryl/α,β-unsaturated/α-hetero) is 1. The Balaban J connectivity index is 0.000000167. The lowest BCUT2D eigenvalue weighted by molar-refractivity contribution is 0.0695. The zero-order valence-corrected chi connectivity index (χ0v) is 32.9. The maximum Gasteiger partial charge on any atom is 0.337 e. The van der Waals surface area contributed by atoms with Crippen molar-refractivity contribution in [2.24, 2.45) is 11.8 Å². The standard InChI is InChI=1S/C24H28N2O.C23H26N2O2/c1-15(2)13-26-14-16(3)21-9-18(5-8-24(21)26)10-23-22(17(4)27)11-20(12-25-23)19-6-7-19;1-14(2)12-25-13-15(3)19-8-16(4-7-22(19)25)9-21-20(23(26)27)10-18(11-24-21)17-5-6-17/h5,8-9,11-12,14-15,19H,6-7,10,13H2,1-4H3;4,7-8,10-11,13-14,17H,5-6,9,12H2,1-3H3,(H,26,27). The van der Waals surface area contributed by atoms with E-state index in [1.807, 2.05) is 18.5 Å². The van der Waals surface area contributed by atoms with Crippen LogP contribution in [0.1, 0.15) is 138 Å². The highest BCUT2D eigenvalue weighted by Gasteiger charge is 2.27. The Bertz CT molecular complexity index is 2190. The number of aromatic nitrogens is 4. The minimum Gasteiger partial charge on any atom is -0.478 e. The highest BCUT2D eigenvalue weighted by Crippen LogP contribution is 2.41. The molecule has 1 N–H and O–H groups in total. The predicted octanol–water partition coefficient (Wildman–Crippen LogP) is 10.8. The van der Waals surface area contributed by atoms with Crippen LogP contribution in [0.15, 0.2) is 73.3 Å². The van der Waals surface area contributed by atoms with Crippen LogP contribution in [0.2, 0.25) is 0 Å². The van der Waals surface area contributed by atoms with E-state index >= 15 is 0 Å². The Morgan fingerprint density at radius 3 is 1.50 bits per heavy atom. The van der Waals surface area contributed by atoms with Gasteiger partial charge in [0.1, 0.15) is 0 Å². The molecule has 2 saturated carbocycles. The summed E-state index contributed by atoms with van der Waals surface area (Å²) in [6.07, 6.45) is 14.3. The molecule has 0 spiro atoms. The molecule has 0 bridgehead atoms. The van der Waals surface area contributed by atoms with Gasteiger partial charge in [-0.2, -0.15) is 0 Å². The fourth-order valence-corrected chi connectivity index (χ4v) is 7.81. The first kappa shape index (κ1) is 37.3. The number of carboxylic acid groups (broad SMARTS) is 1. The first-order chi connectivity index (χ1) is 25.8. The fraction of sp³-hybridized carbons (Fsp3) is 0.404. The molecule has 0 unspecified atom stereocenters. The van der Waals surface area contributed by atoms with E-state index in [0.717, 1.165) is 48.3 Å². The van der Waals surface area contributed by atoms with Gasteiger partial charge in [0, 0.05) is 78.1 Å². The summed E-state index contributed by atoms with van der Waals surface area (Å²) in [4.78, 5) is 33.1. The van der Waals surface area contributed by atoms with Crippen molar-refractivity contribution in [3.63, 3.8) is 0 Å². The number of benzene rings is 2. The number of carbonyl (C=O) groups is 2. The van der Waals surface area contributed by atoms with E-state index in [-0.39, 0.29) is 5.78 Å². The topological polar surface area (TPSA) is 90.0 Å². The van der Waals surface area contributed by atoms with Gasteiger partial charge in [-0.15, -0.1) is 0 Å². The maximum atomic E-state index is 12.2. The molecule has 0 saturated heterocycles.